The van der Waals surface area contributed by atoms with E-state index in [1.807, 2.05) is 19.4 Å². The van der Waals surface area contributed by atoms with Gasteiger partial charge in [-0.2, -0.15) is 26.3 Å². The van der Waals surface area contributed by atoms with Crippen LogP contribution in [0, 0.1) is 0 Å². The van der Waals surface area contributed by atoms with E-state index in [9.17, 15) is 43.2 Å². The van der Waals surface area contributed by atoms with Crippen LogP contribution in [0.3, 0.4) is 0 Å². The molecule has 0 saturated carbocycles. The molecule has 0 unspecified atom stereocenters. The van der Waals surface area contributed by atoms with E-state index in [0.29, 0.717) is 0 Å². The Balaban J connectivity index is 0.000000496. The zero-order valence-electron chi connectivity index (χ0n) is 12.9. The number of nitrogens with one attached hydrogen (secondary N) is 1. The number of sulfonamides is 2. The predicted octanol–water partition coefficient (Wildman–Crippen LogP) is 2.04. The minimum atomic E-state index is -6.60. The summed E-state index contributed by atoms with van der Waals surface area (Å²) in [6, 6.07) is 0. The summed E-state index contributed by atoms with van der Waals surface area (Å²) in [6.07, 6.45) is 7.44. The monoisotopic (exact) mass is 419 g/mol. The third kappa shape index (κ3) is 7.19. The lowest BCUT2D eigenvalue weighted by Gasteiger charge is -2.11. The molecule has 0 aliphatic carbocycles. The predicted molar refractivity (Wildman–Crippen MR) is 74.9 cm³/mol. The van der Waals surface area contributed by atoms with Gasteiger partial charge in [-0.25, -0.2) is 21.8 Å². The number of aromatic nitrogens is 2. The summed E-state index contributed by atoms with van der Waals surface area (Å²) >= 11 is 0. The zero-order valence-corrected chi connectivity index (χ0v) is 14.5. The Morgan fingerprint density at radius 3 is 1.76 bits per heavy atom. The molecule has 0 amide bonds. The van der Waals surface area contributed by atoms with Gasteiger partial charge in [0.25, 0.3) is 0 Å². The molecular weight excluding hydrogens is 404 g/mol. The van der Waals surface area contributed by atoms with Crippen LogP contribution in [-0.2, 0) is 33.5 Å². The van der Waals surface area contributed by atoms with Gasteiger partial charge in [0.2, 0.25) is 0 Å². The molecule has 0 aliphatic rings. The van der Waals surface area contributed by atoms with Crippen molar-refractivity contribution in [2.75, 3.05) is 0 Å². The van der Waals surface area contributed by atoms with E-state index in [-0.39, 0.29) is 0 Å². The molecule has 148 valence electrons. The van der Waals surface area contributed by atoms with Gasteiger partial charge in [-0.3, -0.25) is 0 Å². The van der Waals surface area contributed by atoms with Gasteiger partial charge >= 0.3 is 31.1 Å². The quantitative estimate of drug-likeness (QED) is 0.737. The summed E-state index contributed by atoms with van der Waals surface area (Å²) in [7, 11) is -11.2. The average molecular weight is 419 g/mol. The van der Waals surface area contributed by atoms with Crippen LogP contribution >= 0.6 is 0 Å². The highest BCUT2D eigenvalue weighted by Crippen LogP contribution is 2.27. The van der Waals surface area contributed by atoms with Crippen molar-refractivity contribution in [1.82, 2.24) is 13.7 Å². The van der Waals surface area contributed by atoms with Crippen LogP contribution in [0.2, 0.25) is 0 Å². The van der Waals surface area contributed by atoms with Gasteiger partial charge in [-0.1, -0.05) is 17.5 Å². The maximum absolute atomic E-state index is 11.5. The number of aryl methyl sites for hydroxylation is 2. The van der Waals surface area contributed by atoms with E-state index < -0.39 is 35.2 Å². The molecule has 0 radical (unpaired) electrons. The molecule has 0 spiro atoms. The number of rotatable bonds is 5. The molecule has 1 aromatic rings. The molecule has 25 heavy (non-hydrogen) atoms. The first-order valence-electron chi connectivity index (χ1n) is 6.42. The number of halogens is 6. The normalized spacial score (nSPS) is 13.3. The van der Waals surface area contributed by atoms with Crippen LogP contribution in [0.5, 0.6) is 0 Å². The van der Waals surface area contributed by atoms with Gasteiger partial charge < -0.3 is 4.57 Å². The fourth-order valence-electron chi connectivity index (χ4n) is 1.21. The lowest BCUT2D eigenvalue weighted by molar-refractivity contribution is -0.0476. The van der Waals surface area contributed by atoms with Crippen molar-refractivity contribution in [2.45, 2.75) is 37.2 Å². The molecule has 0 fully saturated rings. The van der Waals surface area contributed by atoms with E-state index in [4.69, 9.17) is 0 Å². The van der Waals surface area contributed by atoms with Gasteiger partial charge in [-0.15, -0.1) is 0 Å². The minimum absolute atomic E-state index is 0.493. The first kappa shape index (κ1) is 23.6. The number of unbranched alkanes of at least 4 members (excludes halogenated alkanes) is 1. The molecule has 0 atom stereocenters. The number of alkyl halides is 6. The Morgan fingerprint density at radius 2 is 1.48 bits per heavy atom. The average Bonchev–Trinajstić information content (AvgIpc) is 2.78. The Kier molecular flexibility index (Phi) is 7.90. The number of nitrogens with zero attached hydrogens (tertiary/aromatic N) is 2. The first-order valence-corrected chi connectivity index (χ1v) is 9.39. The summed E-state index contributed by atoms with van der Waals surface area (Å²) in [5.41, 5.74) is -12.3. The van der Waals surface area contributed by atoms with Gasteiger partial charge in [0.15, 0.2) is 0 Å². The second-order valence-corrected chi connectivity index (χ2v) is 8.15. The standard InChI is InChI=1S/C8H14N2.C2HF6NO4S2/c1-3-4-5-8-9-6-7-10(8)2;3-1(4,5)14(10,11)9-15(12,13)2(6,7)8/h6-7H,3-5H2,1-2H3;9H. The summed E-state index contributed by atoms with van der Waals surface area (Å²) in [5.74, 6) is 1.20. The van der Waals surface area contributed by atoms with Crippen LogP contribution in [0.15, 0.2) is 12.4 Å². The Hall–Kier alpha value is -1.35. The molecule has 1 aromatic heterocycles. The third-order valence-electron chi connectivity index (χ3n) is 2.50. The van der Waals surface area contributed by atoms with Crippen molar-refractivity contribution in [3.63, 3.8) is 0 Å². The van der Waals surface area contributed by atoms with Crippen molar-refractivity contribution in [1.29, 1.82) is 0 Å². The topological polar surface area (TPSA) is 98.1 Å². The SMILES string of the molecule is CCCCc1nccn1C.O=S(=O)(NS(=O)(=O)C(F)(F)F)C(F)(F)F. The molecule has 1 rings (SSSR count). The molecule has 1 heterocycles. The van der Waals surface area contributed by atoms with E-state index in [0.717, 1.165) is 6.42 Å². The van der Waals surface area contributed by atoms with Gasteiger partial charge in [-0.05, 0) is 6.42 Å². The Bertz CT molecular complexity index is 710. The zero-order chi connectivity index (χ0) is 20.1. The van der Waals surface area contributed by atoms with E-state index >= 15 is 0 Å². The summed E-state index contributed by atoms with van der Waals surface area (Å²) < 4.78 is 110. The Labute approximate surface area is 140 Å². The fraction of sp³-hybridized carbons (Fsp3) is 0.700. The van der Waals surface area contributed by atoms with Crippen molar-refractivity contribution in [3.05, 3.63) is 18.2 Å². The van der Waals surface area contributed by atoms with E-state index in [1.165, 1.54) is 18.7 Å². The number of hydrogen-bond acceptors (Lipinski definition) is 5. The maximum atomic E-state index is 11.5. The summed E-state index contributed by atoms with van der Waals surface area (Å²) in [6.45, 7) is 2.20. The highest BCUT2D eigenvalue weighted by Gasteiger charge is 2.55. The van der Waals surface area contributed by atoms with Crippen molar-refractivity contribution in [2.24, 2.45) is 7.05 Å². The maximum Gasteiger partial charge on any atom is 0.512 e. The third-order valence-corrected chi connectivity index (χ3v) is 5.48. The van der Waals surface area contributed by atoms with Crippen LogP contribution in [-0.4, -0.2) is 37.4 Å². The van der Waals surface area contributed by atoms with Crippen LogP contribution < -0.4 is 4.13 Å². The molecule has 7 nitrogen and oxygen atoms in total. The van der Waals surface area contributed by atoms with Gasteiger partial charge in [0.05, 0.1) is 0 Å². The second-order valence-electron chi connectivity index (χ2n) is 4.54. The van der Waals surface area contributed by atoms with E-state index in [2.05, 4.69) is 16.5 Å². The lowest BCUT2D eigenvalue weighted by atomic mass is 10.2. The molecule has 0 aromatic carbocycles. The van der Waals surface area contributed by atoms with Crippen LogP contribution in [0.4, 0.5) is 26.3 Å². The van der Waals surface area contributed by atoms with Crippen molar-refractivity contribution < 1.29 is 43.2 Å². The van der Waals surface area contributed by atoms with Crippen LogP contribution in [0.1, 0.15) is 25.6 Å². The molecule has 0 saturated heterocycles. The van der Waals surface area contributed by atoms with Crippen molar-refractivity contribution in [3.8, 4) is 0 Å². The lowest BCUT2D eigenvalue weighted by Crippen LogP contribution is -2.45. The minimum Gasteiger partial charge on any atom is -0.338 e. The molecule has 0 aliphatic heterocycles. The molecular formula is C10H15F6N3O4S2. The van der Waals surface area contributed by atoms with Crippen molar-refractivity contribution >= 4 is 20.0 Å². The van der Waals surface area contributed by atoms with E-state index in [1.54, 1.807) is 0 Å². The Morgan fingerprint density at radius 1 is 1.04 bits per heavy atom. The highest BCUT2D eigenvalue weighted by molar-refractivity contribution is 8.05. The first-order chi connectivity index (χ1) is 11.0. The number of imidazole rings is 1. The molecule has 0 bridgehead atoms. The second kappa shape index (κ2) is 8.35. The summed E-state index contributed by atoms with van der Waals surface area (Å²) in [4.78, 5) is 4.22. The fourth-order valence-corrected chi connectivity index (χ4v) is 3.12. The van der Waals surface area contributed by atoms with Crippen LogP contribution in [0.25, 0.3) is 0 Å². The number of hydrogen-bond donors (Lipinski definition) is 1. The largest absolute Gasteiger partial charge is 0.512 e. The van der Waals surface area contributed by atoms with Gasteiger partial charge in [0.1, 0.15) is 5.82 Å². The van der Waals surface area contributed by atoms with Gasteiger partial charge in [0, 0.05) is 25.9 Å². The highest BCUT2D eigenvalue weighted by atomic mass is 32.3. The smallest absolute Gasteiger partial charge is 0.338 e. The molecule has 15 heteroatoms. The molecule has 1 N–H and O–H groups in total. The summed E-state index contributed by atoms with van der Waals surface area (Å²) in [5, 5.41) is 0.